The molecule has 1 aliphatic rings. The number of nitrogens with zero attached hydrogens (tertiary/aromatic N) is 1. The number of aliphatic hydroxyl groups is 1. The zero-order valence-electron chi connectivity index (χ0n) is 11.6. The Labute approximate surface area is 114 Å². The molecule has 0 aromatic heterocycles. The van der Waals surface area contributed by atoms with Gasteiger partial charge in [-0.05, 0) is 38.3 Å². The predicted octanol–water partition coefficient (Wildman–Crippen LogP) is 2.38. The summed E-state index contributed by atoms with van der Waals surface area (Å²) in [6.07, 6.45) is 4.76. The predicted molar refractivity (Wildman–Crippen MR) is 76.7 cm³/mol. The van der Waals surface area contributed by atoms with Crippen molar-refractivity contribution in [3.8, 4) is 0 Å². The van der Waals surface area contributed by atoms with Gasteiger partial charge in [-0.3, -0.25) is 4.79 Å². The highest BCUT2D eigenvalue weighted by molar-refractivity contribution is 5.91. The lowest BCUT2D eigenvalue weighted by molar-refractivity contribution is -0.129. The van der Waals surface area contributed by atoms with E-state index >= 15 is 0 Å². The third kappa shape index (κ3) is 3.93. The smallest absolute Gasteiger partial charge is 0.246 e. The molecule has 0 spiro atoms. The summed E-state index contributed by atoms with van der Waals surface area (Å²) in [5.41, 5.74) is 1.63. The van der Waals surface area contributed by atoms with Gasteiger partial charge in [0.25, 0.3) is 0 Å². The van der Waals surface area contributed by atoms with Gasteiger partial charge in [-0.25, -0.2) is 0 Å². The minimum atomic E-state index is -0.614. The van der Waals surface area contributed by atoms with E-state index in [1.54, 1.807) is 11.0 Å². The van der Waals surface area contributed by atoms with Crippen LogP contribution in [0.5, 0.6) is 0 Å². The maximum atomic E-state index is 12.0. The minimum Gasteiger partial charge on any atom is -0.390 e. The molecule has 3 heteroatoms. The van der Waals surface area contributed by atoms with Crippen LogP contribution in [0.15, 0.2) is 30.3 Å². The molecule has 102 valence electrons. The Morgan fingerprint density at radius 2 is 1.84 bits per heavy atom. The van der Waals surface area contributed by atoms with E-state index < -0.39 is 5.60 Å². The van der Waals surface area contributed by atoms with Crippen molar-refractivity contribution in [2.75, 3.05) is 13.1 Å². The van der Waals surface area contributed by atoms with Gasteiger partial charge in [-0.2, -0.15) is 0 Å². The maximum Gasteiger partial charge on any atom is 0.246 e. The van der Waals surface area contributed by atoms with Crippen molar-refractivity contribution >= 4 is 12.0 Å². The molecular weight excluding hydrogens is 238 g/mol. The van der Waals surface area contributed by atoms with Crippen LogP contribution in [0, 0.1) is 6.92 Å². The first-order valence-corrected chi connectivity index (χ1v) is 6.72. The number of piperidine rings is 1. The van der Waals surface area contributed by atoms with Gasteiger partial charge in [0.15, 0.2) is 0 Å². The molecule has 0 radical (unpaired) electrons. The standard InChI is InChI=1S/C16H21NO2/c1-13-3-5-14(6-4-13)7-8-15(18)17-11-9-16(2,19)10-12-17/h3-8,19H,9-12H2,1-2H3/b8-7+. The third-order valence-electron chi connectivity index (χ3n) is 3.65. The molecule has 1 aliphatic heterocycles. The monoisotopic (exact) mass is 259 g/mol. The summed E-state index contributed by atoms with van der Waals surface area (Å²) in [4.78, 5) is 13.8. The molecule has 0 saturated carbocycles. The van der Waals surface area contributed by atoms with E-state index in [1.807, 2.05) is 44.2 Å². The number of rotatable bonds is 2. The van der Waals surface area contributed by atoms with Gasteiger partial charge in [0.1, 0.15) is 0 Å². The number of likely N-dealkylation sites (tertiary alicyclic amines) is 1. The number of carbonyl (C=O) groups excluding carboxylic acids is 1. The molecule has 19 heavy (non-hydrogen) atoms. The average Bonchev–Trinajstić information content (AvgIpc) is 2.37. The second kappa shape index (κ2) is 5.57. The summed E-state index contributed by atoms with van der Waals surface area (Å²) in [6.45, 7) is 5.13. The zero-order valence-corrected chi connectivity index (χ0v) is 11.6. The van der Waals surface area contributed by atoms with Gasteiger partial charge >= 0.3 is 0 Å². The lowest BCUT2D eigenvalue weighted by Gasteiger charge is -2.35. The van der Waals surface area contributed by atoms with Crippen molar-refractivity contribution in [3.05, 3.63) is 41.5 Å². The van der Waals surface area contributed by atoms with Gasteiger partial charge in [0.2, 0.25) is 5.91 Å². The fourth-order valence-electron chi connectivity index (χ4n) is 2.16. The Bertz CT molecular complexity index is 464. The molecule has 0 bridgehead atoms. The molecule has 1 saturated heterocycles. The topological polar surface area (TPSA) is 40.5 Å². The minimum absolute atomic E-state index is 0.0241. The Morgan fingerprint density at radius 1 is 1.26 bits per heavy atom. The Morgan fingerprint density at radius 3 is 2.42 bits per heavy atom. The van der Waals surface area contributed by atoms with Gasteiger partial charge in [-0.15, -0.1) is 0 Å². The number of benzene rings is 1. The van der Waals surface area contributed by atoms with E-state index in [-0.39, 0.29) is 5.91 Å². The van der Waals surface area contributed by atoms with Crippen molar-refractivity contribution < 1.29 is 9.90 Å². The molecule has 1 heterocycles. The Kier molecular flexibility index (Phi) is 4.05. The van der Waals surface area contributed by atoms with Gasteiger partial charge in [0, 0.05) is 19.2 Å². The van der Waals surface area contributed by atoms with Crippen molar-refractivity contribution in [2.24, 2.45) is 0 Å². The summed E-state index contributed by atoms with van der Waals surface area (Å²) in [5, 5.41) is 9.85. The molecule has 1 fully saturated rings. The van der Waals surface area contributed by atoms with E-state index in [0.29, 0.717) is 25.9 Å². The van der Waals surface area contributed by atoms with Crippen LogP contribution in [0.3, 0.4) is 0 Å². The third-order valence-corrected chi connectivity index (χ3v) is 3.65. The molecule has 0 unspecified atom stereocenters. The molecule has 1 N–H and O–H groups in total. The molecule has 0 atom stereocenters. The first-order valence-electron chi connectivity index (χ1n) is 6.72. The highest BCUT2D eigenvalue weighted by Crippen LogP contribution is 2.21. The van der Waals surface area contributed by atoms with Gasteiger partial charge in [0.05, 0.1) is 5.60 Å². The van der Waals surface area contributed by atoms with Crippen LogP contribution in [-0.2, 0) is 4.79 Å². The number of hydrogen-bond donors (Lipinski definition) is 1. The van der Waals surface area contributed by atoms with Crippen LogP contribution >= 0.6 is 0 Å². The summed E-state index contributed by atoms with van der Waals surface area (Å²) >= 11 is 0. The maximum absolute atomic E-state index is 12.0. The van der Waals surface area contributed by atoms with Crippen LogP contribution in [0.1, 0.15) is 30.9 Å². The first kappa shape index (κ1) is 13.8. The van der Waals surface area contributed by atoms with Crippen molar-refractivity contribution in [2.45, 2.75) is 32.3 Å². The van der Waals surface area contributed by atoms with Crippen LogP contribution in [0.2, 0.25) is 0 Å². The second-order valence-corrected chi connectivity index (χ2v) is 5.57. The fraction of sp³-hybridized carbons (Fsp3) is 0.438. The molecule has 3 nitrogen and oxygen atoms in total. The Balaban J connectivity index is 1.92. The number of hydrogen-bond acceptors (Lipinski definition) is 2. The molecular formula is C16H21NO2. The number of carbonyl (C=O) groups is 1. The van der Waals surface area contributed by atoms with Crippen molar-refractivity contribution in [3.63, 3.8) is 0 Å². The highest BCUT2D eigenvalue weighted by atomic mass is 16.3. The number of aryl methyl sites for hydroxylation is 1. The summed E-state index contributed by atoms with van der Waals surface area (Å²) < 4.78 is 0. The van der Waals surface area contributed by atoms with Crippen molar-refractivity contribution in [1.82, 2.24) is 4.90 Å². The van der Waals surface area contributed by atoms with E-state index in [9.17, 15) is 9.90 Å². The molecule has 1 amide bonds. The van der Waals surface area contributed by atoms with Crippen LogP contribution in [-0.4, -0.2) is 34.6 Å². The molecule has 1 aromatic rings. The molecule has 1 aromatic carbocycles. The van der Waals surface area contributed by atoms with E-state index in [1.165, 1.54) is 5.56 Å². The summed E-state index contributed by atoms with van der Waals surface area (Å²) in [6, 6.07) is 8.06. The van der Waals surface area contributed by atoms with Crippen LogP contribution in [0.4, 0.5) is 0 Å². The Hall–Kier alpha value is -1.61. The second-order valence-electron chi connectivity index (χ2n) is 5.57. The normalized spacial score (nSPS) is 18.8. The largest absolute Gasteiger partial charge is 0.390 e. The SMILES string of the molecule is Cc1ccc(/C=C/C(=O)N2CCC(C)(O)CC2)cc1. The molecule has 0 aliphatic carbocycles. The zero-order chi connectivity index (χ0) is 13.9. The lowest BCUT2D eigenvalue weighted by Crippen LogP contribution is -2.44. The first-order chi connectivity index (χ1) is 8.96. The average molecular weight is 259 g/mol. The van der Waals surface area contributed by atoms with Crippen molar-refractivity contribution in [1.29, 1.82) is 0 Å². The summed E-state index contributed by atoms with van der Waals surface area (Å²) in [7, 11) is 0. The van der Waals surface area contributed by atoms with Gasteiger partial charge in [-0.1, -0.05) is 29.8 Å². The summed E-state index contributed by atoms with van der Waals surface area (Å²) in [5.74, 6) is 0.0241. The van der Waals surface area contributed by atoms with Gasteiger partial charge < -0.3 is 10.0 Å². The fourth-order valence-corrected chi connectivity index (χ4v) is 2.16. The quantitative estimate of drug-likeness (QED) is 0.828. The van der Waals surface area contributed by atoms with Crippen LogP contribution < -0.4 is 0 Å². The van der Waals surface area contributed by atoms with E-state index in [4.69, 9.17) is 0 Å². The van der Waals surface area contributed by atoms with Crippen LogP contribution in [0.25, 0.3) is 6.08 Å². The van der Waals surface area contributed by atoms with E-state index in [0.717, 1.165) is 5.56 Å². The lowest BCUT2D eigenvalue weighted by atomic mass is 9.94. The number of amides is 1. The van der Waals surface area contributed by atoms with E-state index in [2.05, 4.69) is 0 Å². The highest BCUT2D eigenvalue weighted by Gasteiger charge is 2.28. The molecule has 2 rings (SSSR count).